The maximum Gasteiger partial charge on any atom is 0.290 e. The Kier molecular flexibility index (Phi) is 5.08. The van der Waals surface area contributed by atoms with E-state index >= 15 is 0 Å². The van der Waals surface area contributed by atoms with E-state index in [0.717, 1.165) is 17.0 Å². The number of benzene rings is 1. The molecule has 0 atom stereocenters. The first-order valence-corrected chi connectivity index (χ1v) is 8.43. The summed E-state index contributed by atoms with van der Waals surface area (Å²) in [6, 6.07) is 13.7. The number of hydrogen-bond donors (Lipinski definition) is 1. The molecule has 0 fully saturated rings. The van der Waals surface area contributed by atoms with Gasteiger partial charge in [-0.05, 0) is 24.1 Å². The molecule has 0 aliphatic carbocycles. The molecule has 2 heterocycles. The van der Waals surface area contributed by atoms with Crippen LogP contribution < -0.4 is 5.43 Å². The molecule has 0 unspecified atom stereocenters. The standard InChI is InChI=1S/C18H16N4OS/c1-2-13-6-8-14(9-7-13)18-21-16(12-24-18)17(23)22-20-11-15-5-3-4-10-19-15/h3-12H,2H2,1H3,(H,22,23)/b20-11-. The molecule has 6 heteroatoms. The van der Waals surface area contributed by atoms with E-state index in [2.05, 4.69) is 39.6 Å². The van der Waals surface area contributed by atoms with Crippen molar-refractivity contribution in [1.29, 1.82) is 0 Å². The number of nitrogens with zero attached hydrogens (tertiary/aromatic N) is 3. The normalized spacial score (nSPS) is 10.9. The molecule has 0 saturated heterocycles. The van der Waals surface area contributed by atoms with Crippen LogP contribution in [0.4, 0.5) is 0 Å². The van der Waals surface area contributed by atoms with Crippen molar-refractivity contribution in [3.63, 3.8) is 0 Å². The van der Waals surface area contributed by atoms with Crippen LogP contribution in [0, 0.1) is 0 Å². The topological polar surface area (TPSA) is 67.2 Å². The Hall–Kier alpha value is -2.86. The van der Waals surface area contributed by atoms with Gasteiger partial charge in [0.25, 0.3) is 5.91 Å². The summed E-state index contributed by atoms with van der Waals surface area (Å²) >= 11 is 1.44. The lowest BCUT2D eigenvalue weighted by molar-refractivity contribution is 0.0951. The van der Waals surface area contributed by atoms with E-state index in [9.17, 15) is 4.79 Å². The van der Waals surface area contributed by atoms with Gasteiger partial charge in [-0.25, -0.2) is 10.4 Å². The van der Waals surface area contributed by atoms with Crippen molar-refractivity contribution in [1.82, 2.24) is 15.4 Å². The molecule has 5 nitrogen and oxygen atoms in total. The Morgan fingerprint density at radius 2 is 2.08 bits per heavy atom. The number of amides is 1. The average Bonchev–Trinajstić information content (AvgIpc) is 3.13. The molecular formula is C18H16N4OS. The van der Waals surface area contributed by atoms with Crippen molar-refractivity contribution < 1.29 is 4.79 Å². The zero-order valence-corrected chi connectivity index (χ0v) is 14.0. The van der Waals surface area contributed by atoms with E-state index in [1.54, 1.807) is 17.6 Å². The van der Waals surface area contributed by atoms with Crippen LogP contribution in [0.2, 0.25) is 0 Å². The van der Waals surface area contributed by atoms with Crippen molar-refractivity contribution in [3.8, 4) is 10.6 Å². The van der Waals surface area contributed by atoms with Crippen LogP contribution in [0.25, 0.3) is 10.6 Å². The quantitative estimate of drug-likeness (QED) is 0.572. The zero-order valence-electron chi connectivity index (χ0n) is 13.1. The number of carbonyl (C=O) groups is 1. The highest BCUT2D eigenvalue weighted by Crippen LogP contribution is 2.24. The maximum atomic E-state index is 12.1. The Morgan fingerprint density at radius 3 is 2.79 bits per heavy atom. The van der Waals surface area contributed by atoms with Gasteiger partial charge in [-0.2, -0.15) is 5.10 Å². The number of thiazole rings is 1. The molecule has 0 saturated carbocycles. The summed E-state index contributed by atoms with van der Waals surface area (Å²) < 4.78 is 0. The van der Waals surface area contributed by atoms with Gasteiger partial charge in [0.05, 0.1) is 11.9 Å². The Balaban J connectivity index is 1.66. The summed E-state index contributed by atoms with van der Waals surface area (Å²) in [5.74, 6) is -0.338. The van der Waals surface area contributed by atoms with E-state index in [4.69, 9.17) is 0 Å². The molecule has 3 rings (SSSR count). The van der Waals surface area contributed by atoms with Gasteiger partial charge in [0.15, 0.2) is 0 Å². The number of hydrogen-bond acceptors (Lipinski definition) is 5. The number of hydrazone groups is 1. The van der Waals surface area contributed by atoms with Gasteiger partial charge in [-0.1, -0.05) is 37.3 Å². The predicted octanol–water partition coefficient (Wildman–Crippen LogP) is 3.53. The van der Waals surface area contributed by atoms with E-state index in [-0.39, 0.29) is 5.91 Å². The molecule has 3 aromatic rings. The highest BCUT2D eigenvalue weighted by Gasteiger charge is 2.11. The van der Waals surface area contributed by atoms with Crippen LogP contribution >= 0.6 is 11.3 Å². The van der Waals surface area contributed by atoms with Crippen LogP contribution in [-0.2, 0) is 6.42 Å². The van der Waals surface area contributed by atoms with Crippen molar-refractivity contribution in [3.05, 3.63) is 71.0 Å². The van der Waals surface area contributed by atoms with Gasteiger partial charge < -0.3 is 0 Å². The van der Waals surface area contributed by atoms with Gasteiger partial charge in [0.2, 0.25) is 0 Å². The van der Waals surface area contributed by atoms with Crippen LogP contribution in [-0.4, -0.2) is 22.1 Å². The van der Waals surface area contributed by atoms with Gasteiger partial charge in [0.1, 0.15) is 10.7 Å². The highest BCUT2D eigenvalue weighted by atomic mass is 32.1. The monoisotopic (exact) mass is 336 g/mol. The lowest BCUT2D eigenvalue weighted by Gasteiger charge is -1.99. The number of aryl methyl sites for hydroxylation is 1. The van der Waals surface area contributed by atoms with Crippen LogP contribution in [0.1, 0.15) is 28.7 Å². The minimum atomic E-state index is -0.338. The smallest absolute Gasteiger partial charge is 0.266 e. The summed E-state index contributed by atoms with van der Waals surface area (Å²) in [6.07, 6.45) is 4.16. The fraction of sp³-hybridized carbons (Fsp3) is 0.111. The van der Waals surface area contributed by atoms with Gasteiger partial charge >= 0.3 is 0 Å². The lowest BCUT2D eigenvalue weighted by atomic mass is 10.1. The van der Waals surface area contributed by atoms with Crippen LogP contribution in [0.15, 0.2) is 59.1 Å². The van der Waals surface area contributed by atoms with Gasteiger partial charge in [-0.3, -0.25) is 9.78 Å². The summed E-state index contributed by atoms with van der Waals surface area (Å²) in [6.45, 7) is 2.12. The van der Waals surface area contributed by atoms with Gasteiger partial charge in [0, 0.05) is 17.1 Å². The van der Waals surface area contributed by atoms with E-state index in [1.807, 2.05) is 24.3 Å². The molecule has 0 radical (unpaired) electrons. The fourth-order valence-corrected chi connectivity index (χ4v) is 2.87. The molecule has 2 aromatic heterocycles. The molecular weight excluding hydrogens is 320 g/mol. The maximum absolute atomic E-state index is 12.1. The number of nitrogens with one attached hydrogen (secondary N) is 1. The SMILES string of the molecule is CCc1ccc(-c2nc(C(=O)N/N=C\c3ccccn3)cs2)cc1. The first-order valence-electron chi connectivity index (χ1n) is 7.55. The number of rotatable bonds is 5. The largest absolute Gasteiger partial charge is 0.290 e. The molecule has 24 heavy (non-hydrogen) atoms. The lowest BCUT2D eigenvalue weighted by Crippen LogP contribution is -2.18. The summed E-state index contributed by atoms with van der Waals surface area (Å²) in [5, 5.41) is 6.45. The van der Waals surface area contributed by atoms with Crippen molar-refractivity contribution in [2.24, 2.45) is 5.10 Å². The van der Waals surface area contributed by atoms with E-state index in [0.29, 0.717) is 11.4 Å². The minimum absolute atomic E-state index is 0.338. The van der Waals surface area contributed by atoms with Crippen LogP contribution in [0.3, 0.4) is 0 Å². The third kappa shape index (κ3) is 3.91. The molecule has 1 N–H and O–H groups in total. The van der Waals surface area contributed by atoms with Crippen LogP contribution in [0.5, 0.6) is 0 Å². The number of aromatic nitrogens is 2. The van der Waals surface area contributed by atoms with E-state index < -0.39 is 0 Å². The molecule has 0 bridgehead atoms. The van der Waals surface area contributed by atoms with Crippen molar-refractivity contribution in [2.75, 3.05) is 0 Å². The zero-order chi connectivity index (χ0) is 16.8. The summed E-state index contributed by atoms with van der Waals surface area (Å²) in [4.78, 5) is 20.5. The molecule has 0 aliphatic heterocycles. The Labute approximate surface area is 144 Å². The Bertz CT molecular complexity index is 841. The second kappa shape index (κ2) is 7.61. The number of carbonyl (C=O) groups excluding carboxylic acids is 1. The molecule has 0 spiro atoms. The van der Waals surface area contributed by atoms with E-state index in [1.165, 1.54) is 23.1 Å². The van der Waals surface area contributed by atoms with Gasteiger partial charge in [-0.15, -0.1) is 11.3 Å². The third-order valence-electron chi connectivity index (χ3n) is 3.40. The minimum Gasteiger partial charge on any atom is -0.266 e. The molecule has 120 valence electrons. The average molecular weight is 336 g/mol. The molecule has 0 aliphatic rings. The predicted molar refractivity (Wildman–Crippen MR) is 96.2 cm³/mol. The fourth-order valence-electron chi connectivity index (χ4n) is 2.06. The first kappa shape index (κ1) is 16.0. The van der Waals surface area contributed by atoms with Crippen molar-refractivity contribution >= 4 is 23.5 Å². The third-order valence-corrected chi connectivity index (χ3v) is 4.29. The molecule has 1 amide bonds. The Morgan fingerprint density at radius 1 is 1.25 bits per heavy atom. The first-order chi connectivity index (χ1) is 11.8. The highest BCUT2D eigenvalue weighted by molar-refractivity contribution is 7.13. The number of pyridine rings is 1. The summed E-state index contributed by atoms with van der Waals surface area (Å²) in [5.41, 5.74) is 5.78. The summed E-state index contributed by atoms with van der Waals surface area (Å²) in [7, 11) is 0. The second-order valence-corrected chi connectivity index (χ2v) is 5.90. The molecule has 1 aromatic carbocycles. The second-order valence-electron chi connectivity index (χ2n) is 5.04. The van der Waals surface area contributed by atoms with Crippen molar-refractivity contribution in [2.45, 2.75) is 13.3 Å².